The number of hydrogen-bond donors (Lipinski definition) is 0. The number of hydrogen-bond acceptors (Lipinski definition) is 4. The standard InChI is InChI=1S/C15H31N3O3Si/c1-9-20-14(19)13(12(17-18-16)10-11(2)3)21-22(7,8)15(4,5)6/h11-13H,9-10H2,1-8H3/t12-,13+/m0/s1. The number of esters is 1. The van der Waals surface area contributed by atoms with E-state index >= 15 is 0 Å². The summed E-state index contributed by atoms with van der Waals surface area (Å²) in [6.45, 7) is 16.5. The summed E-state index contributed by atoms with van der Waals surface area (Å²) >= 11 is 0. The number of ether oxygens (including phenoxy) is 1. The molecule has 0 aliphatic heterocycles. The van der Waals surface area contributed by atoms with E-state index in [-0.39, 0.29) is 17.6 Å². The SMILES string of the molecule is CCOC(=O)[C@H](O[Si](C)(C)C(C)(C)C)[C@H](CC(C)C)N=[N+]=[N-]. The fourth-order valence-electron chi connectivity index (χ4n) is 1.78. The lowest BCUT2D eigenvalue weighted by molar-refractivity contribution is -0.153. The van der Waals surface area contributed by atoms with Crippen molar-refractivity contribution in [3.8, 4) is 0 Å². The highest BCUT2D eigenvalue weighted by molar-refractivity contribution is 6.74. The van der Waals surface area contributed by atoms with Gasteiger partial charge in [0.1, 0.15) is 0 Å². The van der Waals surface area contributed by atoms with Gasteiger partial charge in [-0.2, -0.15) is 0 Å². The molecule has 0 saturated carbocycles. The van der Waals surface area contributed by atoms with E-state index in [1.54, 1.807) is 6.92 Å². The van der Waals surface area contributed by atoms with Gasteiger partial charge in [0.05, 0.1) is 12.6 Å². The van der Waals surface area contributed by atoms with E-state index in [2.05, 4.69) is 43.9 Å². The molecule has 0 spiro atoms. The lowest BCUT2D eigenvalue weighted by Crippen LogP contribution is -2.50. The predicted molar refractivity (Wildman–Crippen MR) is 91.1 cm³/mol. The second-order valence-electron chi connectivity index (χ2n) is 7.45. The van der Waals surface area contributed by atoms with Gasteiger partial charge in [-0.25, -0.2) is 4.79 Å². The highest BCUT2D eigenvalue weighted by Crippen LogP contribution is 2.38. The Kier molecular flexibility index (Phi) is 8.15. The molecule has 0 heterocycles. The van der Waals surface area contributed by atoms with E-state index in [1.807, 2.05) is 13.8 Å². The minimum atomic E-state index is -2.19. The molecular formula is C15H31N3O3Si. The van der Waals surface area contributed by atoms with Crippen molar-refractivity contribution in [1.82, 2.24) is 0 Å². The topological polar surface area (TPSA) is 84.3 Å². The van der Waals surface area contributed by atoms with Gasteiger partial charge in [0, 0.05) is 4.91 Å². The number of rotatable bonds is 8. The van der Waals surface area contributed by atoms with E-state index in [0.29, 0.717) is 6.42 Å². The van der Waals surface area contributed by atoms with Crippen molar-refractivity contribution in [3.05, 3.63) is 10.4 Å². The lowest BCUT2D eigenvalue weighted by Gasteiger charge is -2.40. The molecule has 0 radical (unpaired) electrons. The number of carbonyl (C=O) groups is 1. The Morgan fingerprint density at radius 2 is 1.86 bits per heavy atom. The fourth-order valence-corrected chi connectivity index (χ4v) is 3.02. The third-order valence-electron chi connectivity index (χ3n) is 4.01. The quantitative estimate of drug-likeness (QED) is 0.213. The largest absolute Gasteiger partial charge is 0.464 e. The van der Waals surface area contributed by atoms with Crippen LogP contribution in [0, 0.1) is 5.92 Å². The Morgan fingerprint density at radius 1 is 1.32 bits per heavy atom. The van der Waals surface area contributed by atoms with Crippen molar-refractivity contribution < 1.29 is 14.0 Å². The minimum absolute atomic E-state index is 0.0452. The van der Waals surface area contributed by atoms with Crippen LogP contribution in [-0.4, -0.2) is 33.0 Å². The molecule has 0 saturated heterocycles. The zero-order valence-corrected chi connectivity index (χ0v) is 16.2. The molecule has 22 heavy (non-hydrogen) atoms. The van der Waals surface area contributed by atoms with E-state index in [1.165, 1.54) is 0 Å². The van der Waals surface area contributed by atoms with Crippen molar-refractivity contribution in [2.75, 3.05) is 6.61 Å². The smallest absolute Gasteiger partial charge is 0.334 e. The first-order valence-electron chi connectivity index (χ1n) is 7.85. The van der Waals surface area contributed by atoms with Crippen molar-refractivity contribution in [1.29, 1.82) is 0 Å². The molecule has 0 rings (SSSR count). The number of azide groups is 1. The average molecular weight is 330 g/mol. The van der Waals surface area contributed by atoms with Crippen LogP contribution in [0.5, 0.6) is 0 Å². The third-order valence-corrected chi connectivity index (χ3v) is 8.46. The van der Waals surface area contributed by atoms with Crippen LogP contribution in [0.25, 0.3) is 10.4 Å². The Hall–Kier alpha value is -1.04. The van der Waals surface area contributed by atoms with Crippen LogP contribution in [0.2, 0.25) is 18.1 Å². The Labute approximate surface area is 135 Å². The molecule has 0 unspecified atom stereocenters. The van der Waals surface area contributed by atoms with E-state index in [4.69, 9.17) is 14.7 Å². The van der Waals surface area contributed by atoms with Crippen LogP contribution in [0.15, 0.2) is 5.11 Å². The highest BCUT2D eigenvalue weighted by atomic mass is 28.4. The third kappa shape index (κ3) is 6.38. The van der Waals surface area contributed by atoms with Gasteiger partial charge in [0.25, 0.3) is 0 Å². The maximum Gasteiger partial charge on any atom is 0.334 e. The molecule has 2 atom stereocenters. The van der Waals surface area contributed by atoms with Gasteiger partial charge in [0.15, 0.2) is 14.4 Å². The van der Waals surface area contributed by atoms with E-state index < -0.39 is 26.4 Å². The molecule has 0 bridgehead atoms. The molecule has 0 aromatic rings. The average Bonchev–Trinajstić information content (AvgIpc) is 2.33. The molecule has 0 aliphatic rings. The van der Waals surface area contributed by atoms with E-state index in [9.17, 15) is 4.79 Å². The molecule has 0 aromatic carbocycles. The summed E-state index contributed by atoms with van der Waals surface area (Å²) < 4.78 is 11.4. The van der Waals surface area contributed by atoms with Gasteiger partial charge in [-0.1, -0.05) is 39.7 Å². The Balaban J connectivity index is 5.51. The first-order chi connectivity index (χ1) is 9.96. The maximum absolute atomic E-state index is 12.3. The van der Waals surface area contributed by atoms with Gasteiger partial charge in [-0.15, -0.1) is 0 Å². The molecule has 0 aliphatic carbocycles. The molecule has 0 N–H and O–H groups in total. The predicted octanol–water partition coefficient (Wildman–Crippen LogP) is 4.66. The zero-order chi connectivity index (χ0) is 17.6. The summed E-state index contributed by atoms with van der Waals surface area (Å²) in [6.07, 6.45) is -0.249. The summed E-state index contributed by atoms with van der Waals surface area (Å²) in [6, 6.07) is -0.543. The van der Waals surface area contributed by atoms with Crippen LogP contribution in [0.3, 0.4) is 0 Å². The Bertz CT molecular complexity index is 413. The van der Waals surface area contributed by atoms with Gasteiger partial charge in [0.2, 0.25) is 0 Å². The second-order valence-corrected chi connectivity index (χ2v) is 12.2. The second kappa shape index (κ2) is 8.55. The van der Waals surface area contributed by atoms with E-state index in [0.717, 1.165) is 0 Å². The molecule has 0 fully saturated rings. The summed E-state index contributed by atoms with van der Waals surface area (Å²) in [5, 5.41) is 3.77. The van der Waals surface area contributed by atoms with Crippen LogP contribution in [0.4, 0.5) is 0 Å². The summed E-state index contributed by atoms with van der Waals surface area (Å²) in [5.41, 5.74) is 8.83. The number of carbonyl (C=O) groups excluding carboxylic acids is 1. The minimum Gasteiger partial charge on any atom is -0.464 e. The fraction of sp³-hybridized carbons (Fsp3) is 0.933. The molecule has 7 heteroatoms. The zero-order valence-electron chi connectivity index (χ0n) is 15.2. The van der Waals surface area contributed by atoms with Crippen molar-refractivity contribution in [2.45, 2.75) is 78.2 Å². The van der Waals surface area contributed by atoms with Crippen LogP contribution < -0.4 is 0 Å². The normalized spacial score (nSPS) is 15.1. The first kappa shape index (κ1) is 21.0. The lowest BCUT2D eigenvalue weighted by atomic mass is 10.00. The van der Waals surface area contributed by atoms with Crippen molar-refractivity contribution in [2.24, 2.45) is 11.0 Å². The maximum atomic E-state index is 12.3. The molecular weight excluding hydrogens is 298 g/mol. The highest BCUT2D eigenvalue weighted by Gasteiger charge is 2.43. The van der Waals surface area contributed by atoms with Gasteiger partial charge in [-0.05, 0) is 42.9 Å². The van der Waals surface area contributed by atoms with Crippen LogP contribution in [-0.2, 0) is 14.0 Å². The number of nitrogens with zero attached hydrogens (tertiary/aromatic N) is 3. The molecule has 0 aromatic heterocycles. The summed E-state index contributed by atoms with van der Waals surface area (Å²) in [4.78, 5) is 15.2. The van der Waals surface area contributed by atoms with Gasteiger partial charge >= 0.3 is 5.97 Å². The Morgan fingerprint density at radius 3 is 2.23 bits per heavy atom. The van der Waals surface area contributed by atoms with Gasteiger partial charge in [-0.3, -0.25) is 0 Å². The van der Waals surface area contributed by atoms with Crippen LogP contribution in [0.1, 0.15) is 48.0 Å². The first-order valence-corrected chi connectivity index (χ1v) is 10.8. The molecule has 0 amide bonds. The summed E-state index contributed by atoms with van der Waals surface area (Å²) in [5.74, 6) is -0.152. The van der Waals surface area contributed by atoms with Crippen molar-refractivity contribution >= 4 is 14.3 Å². The molecule has 128 valence electrons. The molecule has 6 nitrogen and oxygen atoms in total. The van der Waals surface area contributed by atoms with Crippen molar-refractivity contribution in [3.63, 3.8) is 0 Å². The summed E-state index contributed by atoms with van der Waals surface area (Å²) in [7, 11) is -2.19. The van der Waals surface area contributed by atoms with Gasteiger partial charge < -0.3 is 9.16 Å². The van der Waals surface area contributed by atoms with Crippen LogP contribution >= 0.6 is 0 Å². The monoisotopic (exact) mass is 329 g/mol.